The molecular formula is C25H25ClN6O3. The van der Waals surface area contributed by atoms with Gasteiger partial charge in [-0.05, 0) is 48.9 Å². The van der Waals surface area contributed by atoms with Gasteiger partial charge in [-0.1, -0.05) is 24.3 Å². The fourth-order valence-corrected chi connectivity index (χ4v) is 3.55. The van der Waals surface area contributed by atoms with Crippen LogP contribution in [0.1, 0.15) is 27.0 Å². The monoisotopic (exact) mass is 492 g/mol. The Kier molecular flexibility index (Phi) is 7.73. The van der Waals surface area contributed by atoms with Gasteiger partial charge in [-0.15, -0.1) is 12.4 Å². The average molecular weight is 493 g/mol. The molecule has 10 heteroatoms. The fraction of sp³-hybridized carbons (Fsp3) is 0.120. The minimum atomic E-state index is -0.637. The summed E-state index contributed by atoms with van der Waals surface area (Å²) in [6.07, 6.45) is 1.74. The van der Waals surface area contributed by atoms with Crippen molar-refractivity contribution in [2.75, 3.05) is 6.61 Å². The van der Waals surface area contributed by atoms with Crippen LogP contribution in [0.2, 0.25) is 0 Å². The Bertz CT molecular complexity index is 1420. The van der Waals surface area contributed by atoms with Crippen molar-refractivity contribution in [3.63, 3.8) is 0 Å². The van der Waals surface area contributed by atoms with Gasteiger partial charge in [0.2, 0.25) is 0 Å². The maximum absolute atomic E-state index is 12.9. The summed E-state index contributed by atoms with van der Waals surface area (Å²) in [6.45, 7) is 1.83. The molecule has 2 amide bonds. The lowest BCUT2D eigenvalue weighted by molar-refractivity contribution is -0.119. The van der Waals surface area contributed by atoms with Gasteiger partial charge in [-0.25, -0.2) is 4.98 Å². The number of primary amides is 1. The Morgan fingerprint density at radius 3 is 2.60 bits per heavy atom. The van der Waals surface area contributed by atoms with Crippen molar-refractivity contribution < 1.29 is 14.3 Å². The normalized spacial score (nSPS) is 10.4. The van der Waals surface area contributed by atoms with Crippen LogP contribution in [0, 0.1) is 12.3 Å². The third-order valence-corrected chi connectivity index (χ3v) is 5.28. The average Bonchev–Trinajstić information content (AvgIpc) is 3.24. The molecule has 6 N–H and O–H groups in total. The number of fused-ring (bicyclic) bond motifs is 1. The molecule has 1 heterocycles. The molecule has 1 aromatic heterocycles. The van der Waals surface area contributed by atoms with Crippen molar-refractivity contribution >= 4 is 41.1 Å². The van der Waals surface area contributed by atoms with E-state index in [1.54, 1.807) is 36.7 Å². The highest BCUT2D eigenvalue weighted by molar-refractivity contribution is 5.96. The highest BCUT2D eigenvalue weighted by atomic mass is 35.5. The third kappa shape index (κ3) is 5.77. The van der Waals surface area contributed by atoms with E-state index in [0.29, 0.717) is 22.4 Å². The van der Waals surface area contributed by atoms with E-state index in [-0.39, 0.29) is 37.3 Å². The smallest absolute Gasteiger partial charge is 0.255 e. The number of ether oxygens (including phenoxy) is 1. The Morgan fingerprint density at radius 2 is 1.86 bits per heavy atom. The first-order chi connectivity index (χ1) is 16.3. The summed E-state index contributed by atoms with van der Waals surface area (Å²) < 4.78 is 7.39. The van der Waals surface area contributed by atoms with Gasteiger partial charge in [0.15, 0.2) is 6.61 Å². The van der Waals surface area contributed by atoms with E-state index in [0.717, 1.165) is 22.3 Å². The number of nitrogens with one attached hydrogen (secondary N) is 2. The lowest BCUT2D eigenvalue weighted by Crippen LogP contribution is -2.24. The van der Waals surface area contributed by atoms with Gasteiger partial charge in [0.25, 0.3) is 11.8 Å². The van der Waals surface area contributed by atoms with Crippen LogP contribution < -0.4 is 21.5 Å². The highest BCUT2D eigenvalue weighted by Gasteiger charge is 2.13. The van der Waals surface area contributed by atoms with Gasteiger partial charge >= 0.3 is 0 Å². The second kappa shape index (κ2) is 10.7. The van der Waals surface area contributed by atoms with Crippen LogP contribution in [0.25, 0.3) is 16.7 Å². The van der Waals surface area contributed by atoms with Crippen LogP contribution in [0.4, 0.5) is 0 Å². The number of hydrogen-bond acceptors (Lipinski definition) is 5. The second-order valence-corrected chi connectivity index (χ2v) is 7.83. The summed E-state index contributed by atoms with van der Waals surface area (Å²) in [6, 6.07) is 18.1. The predicted molar refractivity (Wildman–Crippen MR) is 136 cm³/mol. The zero-order chi connectivity index (χ0) is 24.2. The largest absolute Gasteiger partial charge is 0.483 e. The van der Waals surface area contributed by atoms with E-state index < -0.39 is 5.91 Å². The molecule has 0 aliphatic carbocycles. The molecule has 35 heavy (non-hydrogen) atoms. The summed E-state index contributed by atoms with van der Waals surface area (Å²) in [5.74, 6) is -0.736. The number of aromatic nitrogens is 2. The Morgan fingerprint density at radius 1 is 1.06 bits per heavy atom. The maximum Gasteiger partial charge on any atom is 0.255 e. The fourth-order valence-electron chi connectivity index (χ4n) is 3.55. The topological polar surface area (TPSA) is 149 Å². The number of carbonyl (C=O) groups is 2. The number of carbonyl (C=O) groups excluding carboxylic acids is 2. The van der Waals surface area contributed by atoms with Crippen molar-refractivity contribution in [3.8, 4) is 11.4 Å². The molecule has 0 spiro atoms. The van der Waals surface area contributed by atoms with Crippen LogP contribution >= 0.6 is 12.4 Å². The van der Waals surface area contributed by atoms with Crippen molar-refractivity contribution in [3.05, 3.63) is 89.2 Å². The van der Waals surface area contributed by atoms with E-state index in [1.807, 2.05) is 41.8 Å². The van der Waals surface area contributed by atoms with Crippen LogP contribution in [-0.2, 0) is 11.3 Å². The summed E-state index contributed by atoms with van der Waals surface area (Å²) in [7, 11) is 0. The van der Waals surface area contributed by atoms with Gasteiger partial charge in [0.05, 0.1) is 11.0 Å². The lowest BCUT2D eigenvalue weighted by atomic mass is 10.1. The summed E-state index contributed by atoms with van der Waals surface area (Å²) in [5.41, 5.74) is 16.0. The molecule has 0 aliphatic rings. The standard InChI is InChI=1S/C25H24N6O3.ClH/c1-15-5-8-21-20(9-15)30-14-31(21)19-4-2-3-17(10-19)25(33)29-12-18-7-6-16(24(27)28)11-22(18)34-13-23(26)32;/h2-11,14H,12-13H2,1H3,(H2,26,32)(H3,27,28)(H,29,33);1H. The molecule has 0 saturated heterocycles. The number of imidazole rings is 1. The van der Waals surface area contributed by atoms with Crippen molar-refractivity contribution in [1.29, 1.82) is 5.41 Å². The Hall–Kier alpha value is -4.37. The number of nitrogens with zero attached hydrogens (tertiary/aromatic N) is 2. The van der Waals surface area contributed by atoms with Crippen LogP contribution in [0.3, 0.4) is 0 Å². The molecule has 0 saturated carbocycles. The van der Waals surface area contributed by atoms with Crippen LogP contribution in [0.15, 0.2) is 67.0 Å². The maximum atomic E-state index is 12.9. The molecule has 0 atom stereocenters. The van der Waals surface area contributed by atoms with E-state index in [2.05, 4.69) is 10.3 Å². The van der Waals surface area contributed by atoms with Gasteiger partial charge in [-0.3, -0.25) is 19.6 Å². The first-order valence-corrected chi connectivity index (χ1v) is 10.5. The third-order valence-electron chi connectivity index (χ3n) is 5.28. The number of nitrogen functional groups attached to an aromatic ring is 1. The molecular weight excluding hydrogens is 468 g/mol. The quantitative estimate of drug-likeness (QED) is 0.220. The van der Waals surface area contributed by atoms with Crippen molar-refractivity contribution in [2.24, 2.45) is 11.5 Å². The molecule has 0 fully saturated rings. The lowest BCUT2D eigenvalue weighted by Gasteiger charge is -2.13. The first-order valence-electron chi connectivity index (χ1n) is 10.5. The minimum Gasteiger partial charge on any atom is -0.483 e. The molecule has 0 bridgehead atoms. The van der Waals surface area contributed by atoms with Crippen molar-refractivity contribution in [1.82, 2.24) is 14.9 Å². The van der Waals surface area contributed by atoms with E-state index in [4.69, 9.17) is 21.6 Å². The zero-order valence-corrected chi connectivity index (χ0v) is 19.8. The van der Waals surface area contributed by atoms with Gasteiger partial charge in [0, 0.05) is 28.9 Å². The van der Waals surface area contributed by atoms with Crippen LogP contribution in [0.5, 0.6) is 5.75 Å². The highest BCUT2D eigenvalue weighted by Crippen LogP contribution is 2.22. The molecule has 180 valence electrons. The van der Waals surface area contributed by atoms with E-state index >= 15 is 0 Å². The van der Waals surface area contributed by atoms with Gasteiger partial charge in [-0.2, -0.15) is 0 Å². The number of benzene rings is 3. The Labute approximate surface area is 208 Å². The number of amidine groups is 1. The number of aryl methyl sites for hydroxylation is 1. The SMILES string of the molecule is Cc1ccc2c(c1)ncn2-c1cccc(C(=O)NCc2ccc(C(=N)N)cc2OCC(N)=O)c1.Cl. The number of amides is 2. The second-order valence-electron chi connectivity index (χ2n) is 7.83. The minimum absolute atomic E-state index is 0. The molecule has 3 aromatic carbocycles. The molecule has 4 rings (SSSR count). The summed E-state index contributed by atoms with van der Waals surface area (Å²) in [5, 5.41) is 10.5. The molecule has 0 aliphatic heterocycles. The molecule has 0 radical (unpaired) electrons. The van der Waals surface area contributed by atoms with Gasteiger partial charge < -0.3 is 21.5 Å². The van der Waals surface area contributed by atoms with Crippen molar-refractivity contribution in [2.45, 2.75) is 13.5 Å². The Balaban J connectivity index is 0.00000342. The molecule has 9 nitrogen and oxygen atoms in total. The summed E-state index contributed by atoms with van der Waals surface area (Å²) in [4.78, 5) is 28.5. The summed E-state index contributed by atoms with van der Waals surface area (Å²) >= 11 is 0. The van der Waals surface area contributed by atoms with E-state index in [9.17, 15) is 9.59 Å². The number of hydrogen-bond donors (Lipinski definition) is 4. The molecule has 4 aromatic rings. The molecule has 0 unspecified atom stereocenters. The predicted octanol–water partition coefficient (Wildman–Crippen LogP) is 2.83. The number of rotatable bonds is 8. The zero-order valence-electron chi connectivity index (χ0n) is 18.9. The van der Waals surface area contributed by atoms with Gasteiger partial charge in [0.1, 0.15) is 17.9 Å². The number of nitrogens with two attached hydrogens (primary N) is 2. The van der Waals surface area contributed by atoms with E-state index in [1.165, 1.54) is 0 Å². The number of halogens is 1. The van der Waals surface area contributed by atoms with Crippen LogP contribution in [-0.4, -0.2) is 33.8 Å². The first kappa shape index (κ1) is 25.3.